The van der Waals surface area contributed by atoms with Gasteiger partial charge in [0.25, 0.3) is 5.91 Å². The Kier molecular flexibility index (Phi) is 6.53. The summed E-state index contributed by atoms with van der Waals surface area (Å²) in [5.41, 5.74) is 2.13. The average molecular weight is 499 g/mol. The lowest BCUT2D eigenvalue weighted by Crippen LogP contribution is -2.68. The molecule has 6 rings (SSSR count). The molecule has 2 aliphatic heterocycles. The van der Waals surface area contributed by atoms with E-state index in [-0.39, 0.29) is 23.9 Å². The van der Waals surface area contributed by atoms with Crippen molar-refractivity contribution in [1.82, 2.24) is 19.7 Å². The molecule has 6 nitrogen and oxygen atoms in total. The number of hydrogen-bond donors (Lipinski definition) is 1. The van der Waals surface area contributed by atoms with Crippen LogP contribution in [-0.4, -0.2) is 56.9 Å². The van der Waals surface area contributed by atoms with Gasteiger partial charge in [-0.25, -0.2) is 0 Å². The Balaban J connectivity index is 1.28. The van der Waals surface area contributed by atoms with Crippen LogP contribution < -0.4 is 5.32 Å². The first-order valence-corrected chi connectivity index (χ1v) is 14.0. The van der Waals surface area contributed by atoms with Crippen molar-refractivity contribution in [2.24, 2.45) is 0 Å². The molecule has 0 radical (unpaired) electrons. The van der Waals surface area contributed by atoms with E-state index in [1.807, 2.05) is 30.0 Å². The van der Waals surface area contributed by atoms with Gasteiger partial charge in [-0.05, 0) is 50.3 Å². The van der Waals surface area contributed by atoms with Gasteiger partial charge < -0.3 is 14.8 Å². The Morgan fingerprint density at radius 2 is 1.65 bits per heavy atom. The van der Waals surface area contributed by atoms with E-state index in [0.29, 0.717) is 12.2 Å². The molecule has 2 amide bonds. The second-order valence-electron chi connectivity index (χ2n) is 11.4. The van der Waals surface area contributed by atoms with Crippen LogP contribution in [0.15, 0.2) is 60.7 Å². The largest absolute Gasteiger partial charge is 0.351 e. The molecule has 1 atom stereocenters. The second kappa shape index (κ2) is 9.97. The minimum Gasteiger partial charge on any atom is -0.351 e. The van der Waals surface area contributed by atoms with Crippen LogP contribution in [0.3, 0.4) is 0 Å². The van der Waals surface area contributed by atoms with Crippen molar-refractivity contribution in [3.63, 3.8) is 0 Å². The van der Waals surface area contributed by atoms with Crippen molar-refractivity contribution < 1.29 is 9.59 Å². The third kappa shape index (κ3) is 4.56. The molecule has 3 heterocycles. The molecule has 1 saturated heterocycles. The van der Waals surface area contributed by atoms with Crippen molar-refractivity contribution in [1.29, 1.82) is 0 Å². The number of rotatable bonds is 5. The first-order valence-electron chi connectivity index (χ1n) is 14.0. The third-order valence-corrected chi connectivity index (χ3v) is 8.85. The van der Waals surface area contributed by atoms with Crippen LogP contribution in [0.4, 0.5) is 0 Å². The monoisotopic (exact) mass is 498 g/mol. The first-order chi connectivity index (χ1) is 18.0. The fraction of sp³-hybridized carbons (Fsp3) is 0.484. The molecule has 1 aromatic heterocycles. The number of aromatic nitrogens is 1. The quantitative estimate of drug-likeness (QED) is 0.540. The van der Waals surface area contributed by atoms with Crippen molar-refractivity contribution in [2.75, 3.05) is 13.1 Å². The molecule has 37 heavy (non-hydrogen) atoms. The van der Waals surface area contributed by atoms with E-state index in [2.05, 4.69) is 57.2 Å². The number of para-hydroxylation sites is 1. The Hall–Kier alpha value is -3.12. The summed E-state index contributed by atoms with van der Waals surface area (Å²) < 4.78 is 2.08. The van der Waals surface area contributed by atoms with Crippen molar-refractivity contribution in [2.45, 2.75) is 82.6 Å². The molecule has 0 spiro atoms. The minimum absolute atomic E-state index is 0.00268. The molecule has 2 aromatic carbocycles. The zero-order valence-corrected chi connectivity index (χ0v) is 21.9. The van der Waals surface area contributed by atoms with E-state index in [9.17, 15) is 9.59 Å². The van der Waals surface area contributed by atoms with Gasteiger partial charge in [0.15, 0.2) is 0 Å². The number of likely N-dealkylation sites (tertiary alicyclic amines) is 1. The molecule has 1 saturated carbocycles. The number of hydrogen-bond acceptors (Lipinski definition) is 3. The smallest absolute Gasteiger partial charge is 0.271 e. The highest BCUT2D eigenvalue weighted by Crippen LogP contribution is 2.36. The predicted molar refractivity (Wildman–Crippen MR) is 146 cm³/mol. The lowest BCUT2D eigenvalue weighted by molar-refractivity contribution is -0.136. The summed E-state index contributed by atoms with van der Waals surface area (Å²) in [6.45, 7) is 5.26. The van der Waals surface area contributed by atoms with Gasteiger partial charge in [-0.15, -0.1) is 0 Å². The van der Waals surface area contributed by atoms with Crippen molar-refractivity contribution in [3.05, 3.63) is 71.9 Å². The maximum absolute atomic E-state index is 14.2. The molecule has 0 unspecified atom stereocenters. The Morgan fingerprint density at radius 1 is 0.946 bits per heavy atom. The normalized spacial score (nSPS) is 23.8. The van der Waals surface area contributed by atoms with Gasteiger partial charge >= 0.3 is 0 Å². The number of fused-ring (bicyclic) bond motifs is 3. The molecule has 0 bridgehead atoms. The van der Waals surface area contributed by atoms with Crippen LogP contribution in [0.1, 0.15) is 67.9 Å². The predicted octanol–water partition coefficient (Wildman–Crippen LogP) is 4.97. The minimum atomic E-state index is -0.921. The summed E-state index contributed by atoms with van der Waals surface area (Å²) in [7, 11) is 0. The van der Waals surface area contributed by atoms with Gasteiger partial charge in [0.05, 0.1) is 6.54 Å². The first kappa shape index (κ1) is 24.2. The molecular weight excluding hydrogens is 460 g/mol. The standard InChI is InChI=1S/C31H38N4O2/c1-31(30(37)32-25-13-6-3-7-14-25)22-34-27-15-9-8-12-24(27)20-28(34)29(36)35(31)26-16-18-33(19-17-26)21-23-10-4-2-5-11-23/h2,4-5,8-12,15,20,25-26H,3,6-7,13-14,16-19,21-22H2,1H3,(H,32,37)/t31-/m1/s1. The highest BCUT2D eigenvalue weighted by Gasteiger charge is 2.51. The van der Waals surface area contributed by atoms with Crippen molar-refractivity contribution in [3.8, 4) is 0 Å². The number of benzene rings is 2. The lowest BCUT2D eigenvalue weighted by Gasteiger charge is -2.50. The van der Waals surface area contributed by atoms with Gasteiger partial charge in [-0.2, -0.15) is 0 Å². The molecular formula is C31H38N4O2. The number of carbonyl (C=O) groups excluding carboxylic acids is 2. The molecule has 194 valence electrons. The maximum atomic E-state index is 14.2. The van der Waals surface area contributed by atoms with E-state index in [4.69, 9.17) is 0 Å². The van der Waals surface area contributed by atoms with Gasteiger partial charge in [-0.1, -0.05) is 67.8 Å². The van der Waals surface area contributed by atoms with E-state index >= 15 is 0 Å². The molecule has 3 aromatic rings. The fourth-order valence-electron chi connectivity index (χ4n) is 6.80. The van der Waals surface area contributed by atoms with Crippen LogP contribution in [0.25, 0.3) is 10.9 Å². The van der Waals surface area contributed by atoms with Crippen LogP contribution in [0.2, 0.25) is 0 Å². The molecule has 2 fully saturated rings. The lowest BCUT2D eigenvalue weighted by atomic mass is 9.88. The van der Waals surface area contributed by atoms with E-state index < -0.39 is 5.54 Å². The molecule has 1 aliphatic carbocycles. The summed E-state index contributed by atoms with van der Waals surface area (Å²) in [4.78, 5) is 32.7. The van der Waals surface area contributed by atoms with E-state index in [1.165, 1.54) is 12.0 Å². The van der Waals surface area contributed by atoms with Crippen LogP contribution in [0, 0.1) is 0 Å². The molecule has 3 aliphatic rings. The second-order valence-corrected chi connectivity index (χ2v) is 11.4. The average Bonchev–Trinajstić information content (AvgIpc) is 3.29. The SMILES string of the molecule is C[C@]1(C(=O)NC2CCCCC2)Cn2c(cc3ccccc32)C(=O)N1C1CCN(Cc2ccccc2)CC1. The number of carbonyl (C=O) groups is 2. The van der Waals surface area contributed by atoms with Crippen molar-refractivity contribution >= 4 is 22.7 Å². The Bertz CT molecular complexity index is 1270. The molecule has 1 N–H and O–H groups in total. The summed E-state index contributed by atoms with van der Waals surface area (Å²) in [5, 5.41) is 4.43. The zero-order chi connectivity index (χ0) is 25.4. The Morgan fingerprint density at radius 3 is 2.41 bits per heavy atom. The molecule has 6 heteroatoms. The van der Waals surface area contributed by atoms with Crippen LogP contribution in [0.5, 0.6) is 0 Å². The summed E-state index contributed by atoms with van der Waals surface area (Å²) in [6.07, 6.45) is 7.40. The van der Waals surface area contributed by atoms with E-state index in [1.54, 1.807) is 0 Å². The summed E-state index contributed by atoms with van der Waals surface area (Å²) in [5.74, 6) is -0.00634. The Labute approximate surface area is 219 Å². The maximum Gasteiger partial charge on any atom is 0.271 e. The van der Waals surface area contributed by atoms with Gasteiger partial charge in [0.2, 0.25) is 5.91 Å². The highest BCUT2D eigenvalue weighted by molar-refractivity contribution is 6.03. The van der Waals surface area contributed by atoms with Gasteiger partial charge in [-0.3, -0.25) is 14.5 Å². The number of amides is 2. The summed E-state index contributed by atoms with van der Waals surface area (Å²) in [6, 6.07) is 21.0. The summed E-state index contributed by atoms with van der Waals surface area (Å²) >= 11 is 0. The van der Waals surface area contributed by atoms with Crippen LogP contribution >= 0.6 is 0 Å². The number of piperidine rings is 1. The zero-order valence-electron chi connectivity index (χ0n) is 21.9. The number of nitrogens with zero attached hydrogens (tertiary/aromatic N) is 3. The van der Waals surface area contributed by atoms with E-state index in [0.717, 1.165) is 69.1 Å². The van der Waals surface area contributed by atoms with Gasteiger partial charge in [0, 0.05) is 42.6 Å². The van der Waals surface area contributed by atoms with Gasteiger partial charge in [0.1, 0.15) is 11.2 Å². The fourth-order valence-corrected chi connectivity index (χ4v) is 6.80. The van der Waals surface area contributed by atoms with Crippen LogP contribution in [-0.2, 0) is 17.9 Å². The topological polar surface area (TPSA) is 57.6 Å². The highest BCUT2D eigenvalue weighted by atomic mass is 16.2. The third-order valence-electron chi connectivity index (χ3n) is 8.85. The number of nitrogens with one attached hydrogen (secondary N) is 1.